The summed E-state index contributed by atoms with van der Waals surface area (Å²) in [5.41, 5.74) is 12.5. The normalized spacial score (nSPS) is 11.4. The number of anilines is 1. The Labute approximate surface area is 126 Å². The van der Waals surface area contributed by atoms with Crippen molar-refractivity contribution in [1.82, 2.24) is 0 Å². The van der Waals surface area contributed by atoms with Gasteiger partial charge in [-0.2, -0.15) is 0 Å². The quantitative estimate of drug-likeness (QED) is 0.812. The maximum absolute atomic E-state index is 11.6. The molecule has 1 amide bonds. The lowest BCUT2D eigenvalue weighted by Crippen LogP contribution is -2.40. The monoisotopic (exact) mass is 297 g/mol. The fourth-order valence-electron chi connectivity index (χ4n) is 2.12. The van der Waals surface area contributed by atoms with Crippen molar-refractivity contribution in [3.63, 3.8) is 0 Å². The summed E-state index contributed by atoms with van der Waals surface area (Å²) in [6.07, 6.45) is 0.974. The SMILES string of the molecule is CCCN(CC(C)(C)CN)c1ccc(Cl)cc1C(N)=O. The van der Waals surface area contributed by atoms with E-state index in [1.807, 2.05) is 6.07 Å². The molecule has 0 aliphatic heterocycles. The summed E-state index contributed by atoms with van der Waals surface area (Å²) < 4.78 is 0. The molecule has 0 saturated carbocycles. The standard InChI is InChI=1S/C15H24ClN3O/c1-4-7-19(10-15(2,3)9-17)13-6-5-11(16)8-12(13)14(18)20/h5-6,8H,4,7,9-10,17H2,1-3H3,(H2,18,20). The van der Waals surface area contributed by atoms with Crippen LogP contribution in [0.4, 0.5) is 5.69 Å². The zero-order valence-corrected chi connectivity index (χ0v) is 13.2. The largest absolute Gasteiger partial charge is 0.370 e. The zero-order valence-electron chi connectivity index (χ0n) is 12.4. The molecule has 0 fully saturated rings. The molecule has 0 bridgehead atoms. The zero-order chi connectivity index (χ0) is 15.3. The van der Waals surface area contributed by atoms with Crippen LogP contribution in [0.15, 0.2) is 18.2 Å². The van der Waals surface area contributed by atoms with Crippen molar-refractivity contribution in [2.45, 2.75) is 27.2 Å². The molecule has 0 unspecified atom stereocenters. The smallest absolute Gasteiger partial charge is 0.250 e. The number of carbonyl (C=O) groups excluding carboxylic acids is 1. The first kappa shape index (κ1) is 16.8. The van der Waals surface area contributed by atoms with Crippen molar-refractivity contribution in [3.05, 3.63) is 28.8 Å². The first-order chi connectivity index (χ1) is 9.30. The number of hydrogen-bond donors (Lipinski definition) is 2. The predicted molar refractivity (Wildman–Crippen MR) is 85.3 cm³/mol. The molecule has 1 rings (SSSR count). The fraction of sp³-hybridized carbons (Fsp3) is 0.533. The van der Waals surface area contributed by atoms with Gasteiger partial charge in [0.1, 0.15) is 0 Å². The number of benzene rings is 1. The molecule has 4 nitrogen and oxygen atoms in total. The molecule has 4 N–H and O–H groups in total. The first-order valence-corrected chi connectivity index (χ1v) is 7.23. The van der Waals surface area contributed by atoms with Crippen LogP contribution in [-0.2, 0) is 0 Å². The Morgan fingerprint density at radius 1 is 1.40 bits per heavy atom. The molecular formula is C15H24ClN3O. The van der Waals surface area contributed by atoms with E-state index in [1.54, 1.807) is 12.1 Å². The highest BCUT2D eigenvalue weighted by atomic mass is 35.5. The second-order valence-corrected chi connectivity index (χ2v) is 6.25. The minimum Gasteiger partial charge on any atom is -0.370 e. The molecule has 20 heavy (non-hydrogen) atoms. The van der Waals surface area contributed by atoms with Crippen molar-refractivity contribution in [2.75, 3.05) is 24.5 Å². The van der Waals surface area contributed by atoms with Crippen LogP contribution in [0.3, 0.4) is 0 Å². The van der Waals surface area contributed by atoms with Crippen molar-refractivity contribution in [1.29, 1.82) is 0 Å². The van der Waals surface area contributed by atoms with Gasteiger partial charge in [-0.05, 0) is 36.6 Å². The number of amides is 1. The molecule has 0 aliphatic carbocycles. The van der Waals surface area contributed by atoms with Crippen LogP contribution >= 0.6 is 11.6 Å². The van der Waals surface area contributed by atoms with E-state index in [1.165, 1.54) is 0 Å². The van der Waals surface area contributed by atoms with Gasteiger partial charge >= 0.3 is 0 Å². The van der Waals surface area contributed by atoms with Crippen molar-refractivity contribution < 1.29 is 4.79 Å². The van der Waals surface area contributed by atoms with Crippen LogP contribution in [0.1, 0.15) is 37.6 Å². The van der Waals surface area contributed by atoms with E-state index in [0.29, 0.717) is 17.1 Å². The Balaban J connectivity index is 3.17. The van der Waals surface area contributed by atoms with Gasteiger partial charge in [0, 0.05) is 23.8 Å². The average Bonchev–Trinajstić information content (AvgIpc) is 2.38. The predicted octanol–water partition coefficient (Wildman–Crippen LogP) is 2.64. The third-order valence-electron chi connectivity index (χ3n) is 3.23. The molecule has 112 valence electrons. The van der Waals surface area contributed by atoms with E-state index in [9.17, 15) is 4.79 Å². The number of carbonyl (C=O) groups is 1. The van der Waals surface area contributed by atoms with Gasteiger partial charge in [0.15, 0.2) is 0 Å². The van der Waals surface area contributed by atoms with Gasteiger partial charge in [-0.15, -0.1) is 0 Å². The van der Waals surface area contributed by atoms with Crippen molar-refractivity contribution >= 4 is 23.2 Å². The molecule has 0 heterocycles. The second-order valence-electron chi connectivity index (χ2n) is 5.82. The van der Waals surface area contributed by atoms with Crippen LogP contribution in [-0.4, -0.2) is 25.5 Å². The molecule has 0 atom stereocenters. The van der Waals surface area contributed by atoms with Crippen LogP contribution < -0.4 is 16.4 Å². The van der Waals surface area contributed by atoms with Crippen LogP contribution in [0.2, 0.25) is 5.02 Å². The summed E-state index contributed by atoms with van der Waals surface area (Å²) in [6.45, 7) is 8.49. The Morgan fingerprint density at radius 2 is 2.05 bits per heavy atom. The second kappa shape index (κ2) is 6.95. The third-order valence-corrected chi connectivity index (χ3v) is 3.46. The number of rotatable bonds is 7. The molecule has 0 spiro atoms. The Morgan fingerprint density at radius 3 is 2.55 bits per heavy atom. The summed E-state index contributed by atoms with van der Waals surface area (Å²) >= 11 is 5.96. The lowest BCUT2D eigenvalue weighted by molar-refractivity contribution is 0.100. The van der Waals surface area contributed by atoms with Crippen LogP contribution in [0, 0.1) is 5.41 Å². The highest BCUT2D eigenvalue weighted by Gasteiger charge is 2.23. The summed E-state index contributed by atoms with van der Waals surface area (Å²) in [5, 5.41) is 0.511. The van der Waals surface area contributed by atoms with Crippen LogP contribution in [0.5, 0.6) is 0 Å². The summed E-state index contributed by atoms with van der Waals surface area (Å²) in [5.74, 6) is -0.464. The van der Waals surface area contributed by atoms with Crippen molar-refractivity contribution in [2.24, 2.45) is 16.9 Å². The molecule has 0 aromatic heterocycles. The maximum Gasteiger partial charge on any atom is 0.250 e. The van der Waals surface area contributed by atoms with Gasteiger partial charge in [-0.3, -0.25) is 4.79 Å². The number of halogens is 1. The highest BCUT2D eigenvalue weighted by molar-refractivity contribution is 6.31. The highest BCUT2D eigenvalue weighted by Crippen LogP contribution is 2.27. The number of nitrogens with zero attached hydrogens (tertiary/aromatic N) is 1. The molecule has 1 aromatic rings. The minimum absolute atomic E-state index is 0.0380. The first-order valence-electron chi connectivity index (χ1n) is 6.85. The average molecular weight is 298 g/mol. The van der Waals surface area contributed by atoms with E-state index in [2.05, 4.69) is 25.7 Å². The Hall–Kier alpha value is -1.26. The van der Waals surface area contributed by atoms with E-state index >= 15 is 0 Å². The van der Waals surface area contributed by atoms with Gasteiger partial charge in [0.05, 0.1) is 5.56 Å². The van der Waals surface area contributed by atoms with Gasteiger partial charge < -0.3 is 16.4 Å². The Bertz CT molecular complexity index is 474. The fourth-order valence-corrected chi connectivity index (χ4v) is 2.29. The van der Waals surface area contributed by atoms with Crippen LogP contribution in [0.25, 0.3) is 0 Å². The maximum atomic E-state index is 11.6. The topological polar surface area (TPSA) is 72.3 Å². The molecule has 0 radical (unpaired) electrons. The molecule has 0 saturated heterocycles. The number of primary amides is 1. The number of nitrogens with two attached hydrogens (primary N) is 2. The lowest BCUT2D eigenvalue weighted by atomic mass is 9.92. The van der Waals surface area contributed by atoms with Gasteiger partial charge in [0.25, 0.3) is 5.91 Å². The molecular weight excluding hydrogens is 274 g/mol. The van der Waals surface area contributed by atoms with Gasteiger partial charge in [-0.1, -0.05) is 32.4 Å². The summed E-state index contributed by atoms with van der Waals surface area (Å²) in [6, 6.07) is 5.25. The Kier molecular flexibility index (Phi) is 5.84. The van der Waals surface area contributed by atoms with E-state index < -0.39 is 5.91 Å². The number of hydrogen-bond acceptors (Lipinski definition) is 3. The third kappa shape index (κ3) is 4.39. The van der Waals surface area contributed by atoms with E-state index in [-0.39, 0.29) is 5.41 Å². The molecule has 1 aromatic carbocycles. The van der Waals surface area contributed by atoms with Crippen molar-refractivity contribution in [3.8, 4) is 0 Å². The van der Waals surface area contributed by atoms with Gasteiger partial charge in [0.2, 0.25) is 0 Å². The van der Waals surface area contributed by atoms with E-state index in [0.717, 1.165) is 25.2 Å². The minimum atomic E-state index is -0.464. The molecule has 0 aliphatic rings. The van der Waals surface area contributed by atoms with Gasteiger partial charge in [-0.25, -0.2) is 0 Å². The summed E-state index contributed by atoms with van der Waals surface area (Å²) in [7, 11) is 0. The van der Waals surface area contributed by atoms with E-state index in [4.69, 9.17) is 23.1 Å². The summed E-state index contributed by atoms with van der Waals surface area (Å²) in [4.78, 5) is 13.8. The lowest BCUT2D eigenvalue weighted by Gasteiger charge is -2.34. The molecule has 5 heteroatoms.